The number of carbonyl (C=O) groups is 2. The van der Waals surface area contributed by atoms with Crippen LogP contribution in [0, 0.1) is 6.92 Å². The predicted molar refractivity (Wildman–Crippen MR) is 118 cm³/mol. The first-order chi connectivity index (χ1) is 14.0. The SMILES string of the molecule is CCN(CC)C(=O)c1cccc(NC(=O)Cc2csc(-c3cccc(C)c3)n2)c1. The van der Waals surface area contributed by atoms with E-state index in [1.165, 1.54) is 16.9 Å². The number of anilines is 1. The smallest absolute Gasteiger partial charge is 0.253 e. The summed E-state index contributed by atoms with van der Waals surface area (Å²) in [6.07, 6.45) is 0.191. The number of aromatic nitrogens is 1. The molecule has 0 aliphatic carbocycles. The fourth-order valence-electron chi connectivity index (χ4n) is 3.09. The molecule has 0 saturated carbocycles. The first kappa shape index (κ1) is 20.7. The van der Waals surface area contributed by atoms with Gasteiger partial charge in [0.05, 0.1) is 12.1 Å². The number of nitrogens with zero attached hydrogens (tertiary/aromatic N) is 2. The van der Waals surface area contributed by atoms with Gasteiger partial charge in [-0.1, -0.05) is 29.8 Å². The highest BCUT2D eigenvalue weighted by molar-refractivity contribution is 7.13. The number of aryl methyl sites for hydroxylation is 1. The van der Waals surface area contributed by atoms with Gasteiger partial charge >= 0.3 is 0 Å². The van der Waals surface area contributed by atoms with E-state index >= 15 is 0 Å². The summed E-state index contributed by atoms with van der Waals surface area (Å²) < 4.78 is 0. The van der Waals surface area contributed by atoms with Crippen LogP contribution in [0.2, 0.25) is 0 Å². The molecule has 5 nitrogen and oxygen atoms in total. The summed E-state index contributed by atoms with van der Waals surface area (Å²) in [6, 6.07) is 15.2. The lowest BCUT2D eigenvalue weighted by atomic mass is 10.1. The average Bonchev–Trinajstić information content (AvgIpc) is 3.17. The summed E-state index contributed by atoms with van der Waals surface area (Å²) in [7, 11) is 0. The van der Waals surface area contributed by atoms with Gasteiger partial charge < -0.3 is 10.2 Å². The van der Waals surface area contributed by atoms with Crippen molar-refractivity contribution >= 4 is 28.8 Å². The molecule has 0 aliphatic rings. The molecule has 0 saturated heterocycles. The molecule has 1 heterocycles. The van der Waals surface area contributed by atoms with Crippen molar-refractivity contribution < 1.29 is 9.59 Å². The molecule has 2 amide bonds. The van der Waals surface area contributed by atoms with Crippen molar-refractivity contribution in [2.24, 2.45) is 0 Å². The number of amides is 2. The molecule has 0 fully saturated rings. The minimum Gasteiger partial charge on any atom is -0.339 e. The fraction of sp³-hybridized carbons (Fsp3) is 0.261. The highest BCUT2D eigenvalue weighted by atomic mass is 32.1. The zero-order chi connectivity index (χ0) is 20.8. The van der Waals surface area contributed by atoms with Gasteiger partial charge in [0.1, 0.15) is 5.01 Å². The summed E-state index contributed by atoms with van der Waals surface area (Å²) in [5, 5.41) is 5.69. The number of benzene rings is 2. The standard InChI is InChI=1S/C23H25N3O2S/c1-4-26(5-2)23(28)18-10-7-11-19(13-18)24-21(27)14-20-15-29-22(25-20)17-9-6-8-16(3)12-17/h6-13,15H,4-5,14H2,1-3H3,(H,24,27). The number of hydrogen-bond acceptors (Lipinski definition) is 4. The highest BCUT2D eigenvalue weighted by Crippen LogP contribution is 2.24. The first-order valence-electron chi connectivity index (χ1n) is 9.70. The zero-order valence-corrected chi connectivity index (χ0v) is 17.8. The average molecular weight is 408 g/mol. The van der Waals surface area contributed by atoms with Crippen LogP contribution in [0.1, 0.15) is 35.5 Å². The molecule has 1 N–H and O–H groups in total. The molecule has 3 rings (SSSR count). The predicted octanol–water partition coefficient (Wildman–Crippen LogP) is 4.78. The Bertz CT molecular complexity index is 1010. The summed E-state index contributed by atoms with van der Waals surface area (Å²) in [6.45, 7) is 7.25. The van der Waals surface area contributed by atoms with Gasteiger partial charge in [-0.2, -0.15) is 0 Å². The Morgan fingerprint density at radius 2 is 1.83 bits per heavy atom. The molecule has 0 radical (unpaired) electrons. The maximum Gasteiger partial charge on any atom is 0.253 e. The Morgan fingerprint density at radius 3 is 2.55 bits per heavy atom. The fourth-order valence-corrected chi connectivity index (χ4v) is 3.91. The highest BCUT2D eigenvalue weighted by Gasteiger charge is 2.14. The monoisotopic (exact) mass is 407 g/mol. The molecule has 6 heteroatoms. The van der Waals surface area contributed by atoms with E-state index < -0.39 is 0 Å². The van der Waals surface area contributed by atoms with Crippen LogP contribution in [0.5, 0.6) is 0 Å². The van der Waals surface area contributed by atoms with Crippen molar-refractivity contribution in [3.8, 4) is 10.6 Å². The van der Waals surface area contributed by atoms with Crippen molar-refractivity contribution in [3.63, 3.8) is 0 Å². The second-order valence-corrected chi connectivity index (χ2v) is 7.65. The molecule has 3 aromatic rings. The molecule has 150 valence electrons. The number of hydrogen-bond donors (Lipinski definition) is 1. The molecule has 0 bridgehead atoms. The Morgan fingerprint density at radius 1 is 1.07 bits per heavy atom. The van der Waals surface area contributed by atoms with E-state index in [1.807, 2.05) is 44.4 Å². The van der Waals surface area contributed by atoms with E-state index in [0.717, 1.165) is 16.3 Å². The van der Waals surface area contributed by atoms with E-state index in [4.69, 9.17) is 0 Å². The van der Waals surface area contributed by atoms with Gasteiger partial charge in [0.2, 0.25) is 5.91 Å². The number of thiazole rings is 1. The maximum absolute atomic E-state index is 12.5. The van der Waals surface area contributed by atoms with Gasteiger partial charge in [-0.25, -0.2) is 4.98 Å². The Kier molecular flexibility index (Phi) is 6.77. The molecule has 0 spiro atoms. The minimum atomic E-state index is -0.154. The van der Waals surface area contributed by atoms with E-state index in [1.54, 1.807) is 29.2 Å². The Labute approximate surface area is 175 Å². The lowest BCUT2D eigenvalue weighted by Crippen LogP contribution is -2.30. The van der Waals surface area contributed by atoms with Gasteiger partial charge in [-0.3, -0.25) is 9.59 Å². The number of nitrogens with one attached hydrogen (secondary N) is 1. The van der Waals surface area contributed by atoms with E-state index in [-0.39, 0.29) is 18.2 Å². The van der Waals surface area contributed by atoms with Crippen molar-refractivity contribution in [1.82, 2.24) is 9.88 Å². The van der Waals surface area contributed by atoms with Crippen molar-refractivity contribution in [1.29, 1.82) is 0 Å². The van der Waals surface area contributed by atoms with Crippen molar-refractivity contribution in [3.05, 3.63) is 70.7 Å². The Hall–Kier alpha value is -2.99. The van der Waals surface area contributed by atoms with Gasteiger partial charge in [0.25, 0.3) is 5.91 Å². The lowest BCUT2D eigenvalue weighted by molar-refractivity contribution is -0.115. The van der Waals surface area contributed by atoms with Crippen LogP contribution in [0.4, 0.5) is 5.69 Å². The molecular formula is C23H25N3O2S. The third-order valence-electron chi connectivity index (χ3n) is 4.60. The van der Waals surface area contributed by atoms with Crippen LogP contribution >= 0.6 is 11.3 Å². The Balaban J connectivity index is 1.66. The second-order valence-electron chi connectivity index (χ2n) is 6.80. The van der Waals surface area contributed by atoms with E-state index in [0.29, 0.717) is 24.3 Å². The minimum absolute atomic E-state index is 0.0339. The molecule has 29 heavy (non-hydrogen) atoms. The van der Waals surface area contributed by atoms with Gasteiger partial charge in [-0.05, 0) is 45.0 Å². The molecule has 0 unspecified atom stereocenters. The zero-order valence-electron chi connectivity index (χ0n) is 16.9. The van der Waals surface area contributed by atoms with Gasteiger partial charge in [0.15, 0.2) is 0 Å². The quantitative estimate of drug-likeness (QED) is 0.613. The lowest BCUT2D eigenvalue weighted by Gasteiger charge is -2.19. The third kappa shape index (κ3) is 5.29. The van der Waals surface area contributed by atoms with Crippen molar-refractivity contribution in [2.75, 3.05) is 18.4 Å². The third-order valence-corrected chi connectivity index (χ3v) is 5.54. The largest absolute Gasteiger partial charge is 0.339 e. The first-order valence-corrected chi connectivity index (χ1v) is 10.6. The molecular weight excluding hydrogens is 382 g/mol. The summed E-state index contributed by atoms with van der Waals surface area (Å²) in [5.74, 6) is -0.188. The molecule has 0 atom stereocenters. The van der Waals surface area contributed by atoms with Crippen LogP contribution in [0.25, 0.3) is 10.6 Å². The summed E-state index contributed by atoms with van der Waals surface area (Å²) in [5.41, 5.74) is 4.16. The number of rotatable bonds is 7. The van der Waals surface area contributed by atoms with Crippen LogP contribution in [-0.4, -0.2) is 34.8 Å². The molecule has 2 aromatic carbocycles. The van der Waals surface area contributed by atoms with E-state index in [9.17, 15) is 9.59 Å². The van der Waals surface area contributed by atoms with Crippen molar-refractivity contribution in [2.45, 2.75) is 27.2 Å². The van der Waals surface area contributed by atoms with Gasteiger partial charge in [-0.15, -0.1) is 11.3 Å². The van der Waals surface area contributed by atoms with Crippen LogP contribution in [0.15, 0.2) is 53.9 Å². The molecule has 1 aromatic heterocycles. The summed E-state index contributed by atoms with van der Waals surface area (Å²) in [4.78, 5) is 31.3. The maximum atomic E-state index is 12.5. The topological polar surface area (TPSA) is 62.3 Å². The normalized spacial score (nSPS) is 10.6. The van der Waals surface area contributed by atoms with Crippen LogP contribution < -0.4 is 5.32 Å². The van der Waals surface area contributed by atoms with Gasteiger partial charge in [0, 0.05) is 35.3 Å². The van der Waals surface area contributed by atoms with Crippen LogP contribution in [-0.2, 0) is 11.2 Å². The summed E-state index contributed by atoms with van der Waals surface area (Å²) >= 11 is 1.53. The van der Waals surface area contributed by atoms with E-state index in [2.05, 4.69) is 16.4 Å². The molecule has 0 aliphatic heterocycles. The van der Waals surface area contributed by atoms with Crippen LogP contribution in [0.3, 0.4) is 0 Å². The second kappa shape index (κ2) is 9.47. The number of carbonyl (C=O) groups excluding carboxylic acids is 2.